The fraction of sp³-hybridized carbons (Fsp3) is 0.323. The Morgan fingerprint density at radius 3 is 1.82 bits per heavy atom. The molecule has 0 saturated heterocycles. The number of nitrogens with one attached hydrogen (secondary N) is 2. The number of hydrogen-bond acceptors (Lipinski definition) is 5. The van der Waals surface area contributed by atoms with Crippen molar-refractivity contribution in [2.24, 2.45) is 11.7 Å². The normalized spacial score (nSPS) is 12.3. The first-order valence-corrected chi connectivity index (χ1v) is 13.0. The van der Waals surface area contributed by atoms with E-state index in [0.29, 0.717) is 31.1 Å². The molecular formula is C31H37N3O5. The standard InChI is InChI=1S/C31H37N3O5/c1-21(2)16-27(33-22(3)35)31(37)34-26(30(32)36)17-25-14-15-28(38-19-23-10-6-4-7-11-23)29(18-25)39-20-24-12-8-5-9-13-24/h4-15,18,21,26-27H,16-17,19-20H2,1-3H3,(H2,32,36)(H,33,35)(H,34,37)/t26-,27+/m1/s1. The lowest BCUT2D eigenvalue weighted by molar-refractivity contribution is -0.131. The van der Waals surface area contributed by atoms with Gasteiger partial charge in [0.15, 0.2) is 11.5 Å². The summed E-state index contributed by atoms with van der Waals surface area (Å²) in [4.78, 5) is 36.9. The smallest absolute Gasteiger partial charge is 0.243 e. The molecule has 0 aliphatic heterocycles. The van der Waals surface area contributed by atoms with Crippen LogP contribution in [0.15, 0.2) is 78.9 Å². The molecule has 4 N–H and O–H groups in total. The average molecular weight is 532 g/mol. The van der Waals surface area contributed by atoms with Gasteiger partial charge in [-0.2, -0.15) is 0 Å². The summed E-state index contributed by atoms with van der Waals surface area (Å²) in [6.45, 7) is 5.94. The molecule has 0 bridgehead atoms. The fourth-order valence-corrected chi connectivity index (χ4v) is 4.06. The maximum atomic E-state index is 12.9. The first kappa shape index (κ1) is 29.2. The summed E-state index contributed by atoms with van der Waals surface area (Å²) in [6, 6.07) is 23.2. The maximum Gasteiger partial charge on any atom is 0.243 e. The molecule has 3 rings (SSSR count). The number of amides is 3. The van der Waals surface area contributed by atoms with Gasteiger partial charge in [-0.15, -0.1) is 0 Å². The Hall–Kier alpha value is -4.33. The second-order valence-electron chi connectivity index (χ2n) is 9.88. The van der Waals surface area contributed by atoms with Gasteiger partial charge in [0.05, 0.1) is 0 Å². The molecule has 8 nitrogen and oxygen atoms in total. The monoisotopic (exact) mass is 531 g/mol. The Kier molecular flexibility index (Phi) is 10.9. The third-order valence-corrected chi connectivity index (χ3v) is 5.98. The number of benzene rings is 3. The molecule has 0 aromatic heterocycles. The van der Waals surface area contributed by atoms with Gasteiger partial charge in [0.2, 0.25) is 17.7 Å². The Bertz CT molecular complexity index is 1230. The molecule has 0 saturated carbocycles. The summed E-state index contributed by atoms with van der Waals surface area (Å²) < 4.78 is 12.2. The van der Waals surface area contributed by atoms with Crippen molar-refractivity contribution in [2.75, 3.05) is 0 Å². The number of ether oxygens (including phenoxy) is 2. The van der Waals surface area contributed by atoms with Crippen LogP contribution in [0, 0.1) is 5.92 Å². The minimum atomic E-state index is -0.973. The van der Waals surface area contributed by atoms with Gasteiger partial charge in [-0.25, -0.2) is 0 Å². The van der Waals surface area contributed by atoms with Crippen molar-refractivity contribution in [1.82, 2.24) is 10.6 Å². The first-order valence-electron chi connectivity index (χ1n) is 13.0. The molecule has 0 aliphatic carbocycles. The number of carbonyl (C=O) groups excluding carboxylic acids is 3. The summed E-state index contributed by atoms with van der Waals surface area (Å²) in [5.41, 5.74) is 8.39. The van der Waals surface area contributed by atoms with E-state index in [0.717, 1.165) is 16.7 Å². The van der Waals surface area contributed by atoms with Crippen molar-refractivity contribution in [2.45, 2.75) is 58.9 Å². The molecule has 3 aromatic carbocycles. The summed E-state index contributed by atoms with van der Waals surface area (Å²) in [7, 11) is 0. The van der Waals surface area contributed by atoms with E-state index < -0.39 is 23.9 Å². The summed E-state index contributed by atoms with van der Waals surface area (Å²) >= 11 is 0. The molecule has 3 amide bonds. The van der Waals surface area contributed by atoms with Crippen molar-refractivity contribution in [3.63, 3.8) is 0 Å². The number of carbonyl (C=O) groups is 3. The quantitative estimate of drug-likeness (QED) is 0.291. The zero-order chi connectivity index (χ0) is 28.2. The molecule has 8 heteroatoms. The molecule has 0 spiro atoms. The molecule has 0 unspecified atom stereocenters. The van der Waals surface area contributed by atoms with Gasteiger partial charge in [0, 0.05) is 13.3 Å². The van der Waals surface area contributed by atoms with Crippen LogP contribution in [0.25, 0.3) is 0 Å². The molecule has 3 aromatic rings. The third-order valence-electron chi connectivity index (χ3n) is 5.98. The number of nitrogens with two attached hydrogens (primary N) is 1. The van der Waals surface area contributed by atoms with E-state index in [1.165, 1.54) is 6.92 Å². The van der Waals surface area contributed by atoms with Crippen LogP contribution < -0.4 is 25.8 Å². The number of rotatable bonds is 14. The zero-order valence-corrected chi connectivity index (χ0v) is 22.7. The van der Waals surface area contributed by atoms with Gasteiger partial charge in [-0.3, -0.25) is 14.4 Å². The summed E-state index contributed by atoms with van der Waals surface area (Å²) in [5, 5.41) is 5.37. The minimum Gasteiger partial charge on any atom is -0.485 e. The van der Waals surface area contributed by atoms with Crippen LogP contribution >= 0.6 is 0 Å². The van der Waals surface area contributed by atoms with Crippen LogP contribution in [0.2, 0.25) is 0 Å². The second-order valence-corrected chi connectivity index (χ2v) is 9.88. The predicted molar refractivity (Wildman–Crippen MR) is 150 cm³/mol. The van der Waals surface area contributed by atoms with Crippen LogP contribution in [0.5, 0.6) is 11.5 Å². The lowest BCUT2D eigenvalue weighted by Gasteiger charge is -2.23. The molecule has 0 fully saturated rings. The highest BCUT2D eigenvalue weighted by Gasteiger charge is 2.26. The van der Waals surface area contributed by atoms with E-state index in [1.807, 2.05) is 80.6 Å². The van der Waals surface area contributed by atoms with Crippen molar-refractivity contribution >= 4 is 17.7 Å². The van der Waals surface area contributed by atoms with Crippen molar-refractivity contribution < 1.29 is 23.9 Å². The lowest BCUT2D eigenvalue weighted by Crippen LogP contribution is -2.53. The number of hydrogen-bond donors (Lipinski definition) is 3. The SMILES string of the molecule is CC(=O)N[C@@H](CC(C)C)C(=O)N[C@H](Cc1ccc(OCc2ccccc2)c(OCc2ccccc2)c1)C(N)=O. The largest absolute Gasteiger partial charge is 0.485 e. The predicted octanol–water partition coefficient (Wildman–Crippen LogP) is 3.91. The van der Waals surface area contributed by atoms with E-state index in [1.54, 1.807) is 12.1 Å². The van der Waals surface area contributed by atoms with Crippen LogP contribution in [0.1, 0.15) is 43.9 Å². The van der Waals surface area contributed by atoms with E-state index >= 15 is 0 Å². The van der Waals surface area contributed by atoms with Gasteiger partial charge in [-0.1, -0.05) is 80.6 Å². The second kappa shape index (κ2) is 14.6. The van der Waals surface area contributed by atoms with Crippen LogP contribution in [0.3, 0.4) is 0 Å². The molecule has 0 aliphatic rings. The maximum absolute atomic E-state index is 12.9. The van der Waals surface area contributed by atoms with Crippen molar-refractivity contribution in [3.05, 3.63) is 95.6 Å². The fourth-order valence-electron chi connectivity index (χ4n) is 4.06. The van der Waals surface area contributed by atoms with E-state index in [-0.39, 0.29) is 18.2 Å². The lowest BCUT2D eigenvalue weighted by atomic mass is 10.0. The Morgan fingerprint density at radius 2 is 1.31 bits per heavy atom. The summed E-state index contributed by atoms with van der Waals surface area (Å²) in [6.07, 6.45) is 0.581. The van der Waals surface area contributed by atoms with E-state index in [2.05, 4.69) is 10.6 Å². The van der Waals surface area contributed by atoms with Gasteiger partial charge < -0.3 is 25.8 Å². The van der Waals surface area contributed by atoms with Gasteiger partial charge >= 0.3 is 0 Å². The highest BCUT2D eigenvalue weighted by molar-refractivity contribution is 5.91. The molecule has 0 radical (unpaired) electrons. The highest BCUT2D eigenvalue weighted by Crippen LogP contribution is 2.30. The average Bonchev–Trinajstić information content (AvgIpc) is 2.91. The van der Waals surface area contributed by atoms with E-state index in [9.17, 15) is 14.4 Å². The molecule has 39 heavy (non-hydrogen) atoms. The molecule has 0 heterocycles. The Morgan fingerprint density at radius 1 is 0.744 bits per heavy atom. The molecule has 2 atom stereocenters. The Balaban J connectivity index is 1.78. The van der Waals surface area contributed by atoms with Gasteiger partial charge in [0.1, 0.15) is 25.3 Å². The Labute approximate surface area is 229 Å². The van der Waals surface area contributed by atoms with Crippen molar-refractivity contribution in [3.8, 4) is 11.5 Å². The highest BCUT2D eigenvalue weighted by atomic mass is 16.5. The third kappa shape index (κ3) is 9.81. The zero-order valence-electron chi connectivity index (χ0n) is 22.7. The minimum absolute atomic E-state index is 0.149. The van der Waals surface area contributed by atoms with Crippen LogP contribution in [-0.2, 0) is 34.0 Å². The van der Waals surface area contributed by atoms with E-state index in [4.69, 9.17) is 15.2 Å². The topological polar surface area (TPSA) is 120 Å². The van der Waals surface area contributed by atoms with Crippen molar-refractivity contribution in [1.29, 1.82) is 0 Å². The van der Waals surface area contributed by atoms with Crippen LogP contribution in [-0.4, -0.2) is 29.8 Å². The molecular weight excluding hydrogens is 494 g/mol. The first-order chi connectivity index (χ1) is 18.7. The number of primary amides is 1. The molecule has 206 valence electrons. The van der Waals surface area contributed by atoms with Gasteiger partial charge in [0.25, 0.3) is 0 Å². The summed E-state index contributed by atoms with van der Waals surface area (Å²) in [5.74, 6) is -0.222. The van der Waals surface area contributed by atoms with Crippen LogP contribution in [0.4, 0.5) is 0 Å². The van der Waals surface area contributed by atoms with Gasteiger partial charge in [-0.05, 0) is 41.2 Å².